The van der Waals surface area contributed by atoms with E-state index in [9.17, 15) is 4.79 Å². The van der Waals surface area contributed by atoms with Crippen LogP contribution in [0.15, 0.2) is 24.3 Å². The molecule has 2 rings (SSSR count). The summed E-state index contributed by atoms with van der Waals surface area (Å²) in [5, 5.41) is 3.97. The van der Waals surface area contributed by atoms with Gasteiger partial charge in [-0.2, -0.15) is 0 Å². The van der Waals surface area contributed by atoms with E-state index >= 15 is 0 Å². The molecule has 1 aliphatic rings. The summed E-state index contributed by atoms with van der Waals surface area (Å²) in [5.74, 6) is -0.208. The van der Waals surface area contributed by atoms with Crippen LogP contribution in [0.1, 0.15) is 12.8 Å². The molecule has 4 nitrogen and oxygen atoms in total. The normalized spacial score (nSPS) is 18.9. The molecule has 0 radical (unpaired) electrons. The van der Waals surface area contributed by atoms with Gasteiger partial charge < -0.3 is 15.0 Å². The number of methoxy groups -OCH3 is 1. The molecule has 1 fully saturated rings. The van der Waals surface area contributed by atoms with Gasteiger partial charge in [0.05, 0.1) is 7.11 Å². The number of carbonyl (C=O) groups is 1. The minimum atomic E-state index is -0.647. The Hall–Kier alpha value is -1.26. The van der Waals surface area contributed by atoms with Crippen LogP contribution in [0, 0.1) is 0 Å². The maximum atomic E-state index is 12.1. The summed E-state index contributed by atoms with van der Waals surface area (Å²) in [5.41, 5.74) is 0.203. The Morgan fingerprint density at radius 3 is 2.68 bits per heavy atom. The number of hydrogen-bond acceptors (Lipinski definition) is 4. The number of hydrogen-bond donors (Lipinski definition) is 1. The van der Waals surface area contributed by atoms with Crippen molar-refractivity contribution in [3.05, 3.63) is 29.3 Å². The van der Waals surface area contributed by atoms with E-state index in [2.05, 4.69) is 17.3 Å². The van der Waals surface area contributed by atoms with Crippen molar-refractivity contribution < 1.29 is 9.53 Å². The molecule has 104 valence electrons. The van der Waals surface area contributed by atoms with Gasteiger partial charge >= 0.3 is 5.97 Å². The van der Waals surface area contributed by atoms with Gasteiger partial charge in [-0.05, 0) is 38.1 Å². The minimum absolute atomic E-state index is 0.208. The van der Waals surface area contributed by atoms with Crippen molar-refractivity contribution in [3.8, 4) is 0 Å². The lowest BCUT2D eigenvalue weighted by Crippen LogP contribution is -2.54. The second-order valence-corrected chi connectivity index (χ2v) is 5.45. The van der Waals surface area contributed by atoms with Crippen LogP contribution in [-0.4, -0.2) is 43.7 Å². The van der Waals surface area contributed by atoms with E-state index in [1.807, 2.05) is 24.3 Å². The van der Waals surface area contributed by atoms with Crippen molar-refractivity contribution in [2.45, 2.75) is 18.4 Å². The second-order valence-electron chi connectivity index (χ2n) is 5.01. The third-order valence-corrected chi connectivity index (χ3v) is 3.86. The summed E-state index contributed by atoms with van der Waals surface area (Å²) < 4.78 is 4.98. The second kappa shape index (κ2) is 5.80. The zero-order chi connectivity index (χ0) is 13.9. The van der Waals surface area contributed by atoms with Crippen molar-refractivity contribution >= 4 is 23.3 Å². The highest BCUT2D eigenvalue weighted by atomic mass is 35.5. The van der Waals surface area contributed by atoms with E-state index in [0.717, 1.165) is 31.6 Å². The van der Waals surface area contributed by atoms with Gasteiger partial charge in [0.2, 0.25) is 0 Å². The number of rotatable bonds is 3. The van der Waals surface area contributed by atoms with Crippen molar-refractivity contribution in [2.75, 3.05) is 32.6 Å². The predicted molar refractivity (Wildman–Crippen MR) is 76.6 cm³/mol. The fraction of sp³-hybridized carbons (Fsp3) is 0.500. The summed E-state index contributed by atoms with van der Waals surface area (Å²) in [6.07, 6.45) is 1.45. The SMILES string of the molecule is COC(=O)C1(Nc2cccc(Cl)c2)CCN(C)CC1. The van der Waals surface area contributed by atoms with Gasteiger partial charge in [-0.3, -0.25) is 0 Å². The van der Waals surface area contributed by atoms with Gasteiger partial charge in [0, 0.05) is 23.8 Å². The van der Waals surface area contributed by atoms with E-state index in [0.29, 0.717) is 5.02 Å². The topological polar surface area (TPSA) is 41.6 Å². The molecule has 0 aliphatic carbocycles. The van der Waals surface area contributed by atoms with Crippen LogP contribution in [0.2, 0.25) is 5.02 Å². The lowest BCUT2D eigenvalue weighted by Gasteiger charge is -2.39. The van der Waals surface area contributed by atoms with E-state index in [1.54, 1.807) is 0 Å². The van der Waals surface area contributed by atoms with E-state index in [4.69, 9.17) is 16.3 Å². The van der Waals surface area contributed by atoms with Crippen LogP contribution in [-0.2, 0) is 9.53 Å². The van der Waals surface area contributed by atoms with Gasteiger partial charge in [-0.25, -0.2) is 4.79 Å². The number of ether oxygens (including phenoxy) is 1. The summed E-state index contributed by atoms with van der Waals surface area (Å²) in [4.78, 5) is 14.4. The number of benzene rings is 1. The van der Waals surface area contributed by atoms with E-state index in [-0.39, 0.29) is 5.97 Å². The molecule has 1 saturated heterocycles. The summed E-state index contributed by atoms with van der Waals surface area (Å²) in [7, 11) is 3.49. The number of carbonyl (C=O) groups excluding carboxylic acids is 1. The molecule has 0 bridgehead atoms. The molecule has 0 spiro atoms. The fourth-order valence-electron chi connectivity index (χ4n) is 2.42. The van der Waals surface area contributed by atoms with Gasteiger partial charge in [-0.1, -0.05) is 17.7 Å². The zero-order valence-corrected chi connectivity index (χ0v) is 12.0. The Bertz CT molecular complexity index is 457. The number of nitrogens with zero attached hydrogens (tertiary/aromatic N) is 1. The number of piperidine rings is 1. The molecule has 1 aromatic carbocycles. The van der Waals surface area contributed by atoms with Gasteiger partial charge in [0.15, 0.2) is 0 Å². The molecule has 1 heterocycles. The van der Waals surface area contributed by atoms with Crippen molar-refractivity contribution in [3.63, 3.8) is 0 Å². The first-order valence-corrected chi connectivity index (χ1v) is 6.74. The Labute approximate surface area is 118 Å². The highest BCUT2D eigenvalue weighted by Crippen LogP contribution is 2.29. The number of anilines is 1. The van der Waals surface area contributed by atoms with E-state index < -0.39 is 5.54 Å². The first-order valence-electron chi connectivity index (χ1n) is 6.36. The average Bonchev–Trinajstić information content (AvgIpc) is 2.41. The molecule has 0 amide bonds. The van der Waals surface area contributed by atoms with Gasteiger partial charge in [-0.15, -0.1) is 0 Å². The summed E-state index contributed by atoms with van der Waals surface area (Å²) in [6.45, 7) is 1.73. The van der Waals surface area contributed by atoms with E-state index in [1.165, 1.54) is 7.11 Å². The predicted octanol–water partition coefficient (Wildman–Crippen LogP) is 2.39. The first kappa shape index (κ1) is 14.2. The van der Waals surface area contributed by atoms with Crippen LogP contribution < -0.4 is 5.32 Å². The highest BCUT2D eigenvalue weighted by molar-refractivity contribution is 6.30. The maximum Gasteiger partial charge on any atom is 0.331 e. The van der Waals surface area contributed by atoms with Crippen molar-refractivity contribution in [1.29, 1.82) is 0 Å². The summed E-state index contributed by atoms with van der Waals surface area (Å²) in [6, 6.07) is 7.41. The molecule has 5 heteroatoms. The monoisotopic (exact) mass is 282 g/mol. The molecule has 1 N–H and O–H groups in total. The van der Waals surface area contributed by atoms with Crippen molar-refractivity contribution in [2.24, 2.45) is 0 Å². The van der Waals surface area contributed by atoms with Gasteiger partial charge in [0.1, 0.15) is 5.54 Å². The number of nitrogens with one attached hydrogen (secondary N) is 1. The highest BCUT2D eigenvalue weighted by Gasteiger charge is 2.41. The van der Waals surface area contributed by atoms with Gasteiger partial charge in [0.25, 0.3) is 0 Å². The molecule has 1 aliphatic heterocycles. The summed E-state index contributed by atoms with van der Waals surface area (Å²) >= 11 is 5.98. The Balaban J connectivity index is 2.21. The lowest BCUT2D eigenvalue weighted by atomic mass is 9.87. The van der Waals surface area contributed by atoms with Crippen LogP contribution in [0.3, 0.4) is 0 Å². The molecule has 1 aromatic rings. The molecular formula is C14H19ClN2O2. The van der Waals surface area contributed by atoms with Crippen LogP contribution in [0.25, 0.3) is 0 Å². The smallest absolute Gasteiger partial charge is 0.331 e. The lowest BCUT2D eigenvalue weighted by molar-refractivity contribution is -0.147. The average molecular weight is 283 g/mol. The quantitative estimate of drug-likeness (QED) is 0.865. The Kier molecular flexibility index (Phi) is 4.32. The number of halogens is 1. The third kappa shape index (κ3) is 3.19. The standard InChI is InChI=1S/C14H19ClN2O2/c1-17-8-6-14(7-9-17,13(18)19-2)16-12-5-3-4-11(15)10-12/h3-5,10,16H,6-9H2,1-2H3. The molecule has 0 aromatic heterocycles. The van der Waals surface area contributed by atoms with Crippen LogP contribution >= 0.6 is 11.6 Å². The Morgan fingerprint density at radius 1 is 1.42 bits per heavy atom. The van der Waals surface area contributed by atoms with Crippen molar-refractivity contribution in [1.82, 2.24) is 4.90 Å². The fourth-order valence-corrected chi connectivity index (χ4v) is 2.61. The molecule has 19 heavy (non-hydrogen) atoms. The number of esters is 1. The van der Waals surface area contributed by atoms with Crippen LogP contribution in [0.4, 0.5) is 5.69 Å². The third-order valence-electron chi connectivity index (χ3n) is 3.62. The molecule has 0 atom stereocenters. The largest absolute Gasteiger partial charge is 0.467 e. The Morgan fingerprint density at radius 2 is 2.11 bits per heavy atom. The van der Waals surface area contributed by atoms with Crippen LogP contribution in [0.5, 0.6) is 0 Å². The minimum Gasteiger partial charge on any atom is -0.467 e. The maximum absolute atomic E-state index is 12.1. The molecular weight excluding hydrogens is 264 g/mol. The zero-order valence-electron chi connectivity index (χ0n) is 11.3. The molecule has 0 unspecified atom stereocenters. The number of likely N-dealkylation sites (tertiary alicyclic amines) is 1. The molecule has 0 saturated carbocycles. The first-order chi connectivity index (χ1) is 9.05.